The van der Waals surface area contributed by atoms with E-state index >= 15 is 0 Å². The van der Waals surface area contributed by atoms with Crippen LogP contribution in [0.5, 0.6) is 5.75 Å². The summed E-state index contributed by atoms with van der Waals surface area (Å²) in [6.07, 6.45) is 0. The molecule has 0 bridgehead atoms. The Morgan fingerprint density at radius 2 is 1.95 bits per heavy atom. The molecule has 2 aromatic rings. The molecule has 0 aliphatic heterocycles. The maximum atomic E-state index is 13.6. The van der Waals surface area contributed by atoms with E-state index in [9.17, 15) is 13.6 Å². The van der Waals surface area contributed by atoms with Crippen molar-refractivity contribution in [1.82, 2.24) is 0 Å². The third-order valence-electron chi connectivity index (χ3n) is 2.74. The van der Waals surface area contributed by atoms with Gasteiger partial charge in [-0.1, -0.05) is 0 Å². The Morgan fingerprint density at radius 3 is 2.62 bits per heavy atom. The topological polar surface area (TPSA) is 64.3 Å². The highest BCUT2D eigenvalue weighted by atomic mass is 79.9. The predicted octanol–water partition coefficient (Wildman–Crippen LogP) is 3.57. The lowest BCUT2D eigenvalue weighted by Gasteiger charge is -2.09. The van der Waals surface area contributed by atoms with Crippen molar-refractivity contribution in [2.24, 2.45) is 0 Å². The van der Waals surface area contributed by atoms with E-state index in [4.69, 9.17) is 10.5 Å². The van der Waals surface area contributed by atoms with Gasteiger partial charge in [-0.05, 0) is 34.1 Å². The first kappa shape index (κ1) is 15.2. The minimum absolute atomic E-state index is 0.296. The van der Waals surface area contributed by atoms with Gasteiger partial charge in [0.15, 0.2) is 0 Å². The maximum Gasteiger partial charge on any atom is 0.258 e. The van der Waals surface area contributed by atoms with E-state index in [2.05, 4.69) is 21.2 Å². The summed E-state index contributed by atoms with van der Waals surface area (Å²) in [6.45, 7) is 0. The predicted molar refractivity (Wildman–Crippen MR) is 79.4 cm³/mol. The number of nitrogens with one attached hydrogen (secondary N) is 1. The molecule has 4 nitrogen and oxygen atoms in total. The third kappa shape index (κ3) is 3.30. The van der Waals surface area contributed by atoms with Crippen LogP contribution in [0.2, 0.25) is 0 Å². The summed E-state index contributed by atoms with van der Waals surface area (Å²) in [4.78, 5) is 12.0. The molecule has 0 fully saturated rings. The van der Waals surface area contributed by atoms with Gasteiger partial charge >= 0.3 is 0 Å². The van der Waals surface area contributed by atoms with Crippen molar-refractivity contribution in [2.45, 2.75) is 0 Å². The Labute approximate surface area is 128 Å². The molecule has 0 unspecified atom stereocenters. The SMILES string of the molecule is COc1cc(NC(=O)c2cc(N)c(F)cc2F)ccc1Br. The molecule has 0 spiro atoms. The fraction of sp³-hybridized carbons (Fsp3) is 0.0714. The van der Waals surface area contributed by atoms with Crippen LogP contribution in [0.25, 0.3) is 0 Å². The van der Waals surface area contributed by atoms with Crippen LogP contribution < -0.4 is 15.8 Å². The molecule has 0 radical (unpaired) electrons. The van der Waals surface area contributed by atoms with Gasteiger partial charge in [0.25, 0.3) is 5.91 Å². The van der Waals surface area contributed by atoms with Gasteiger partial charge in [-0.2, -0.15) is 0 Å². The quantitative estimate of drug-likeness (QED) is 0.826. The highest BCUT2D eigenvalue weighted by Gasteiger charge is 2.15. The first-order chi connectivity index (χ1) is 9.92. The van der Waals surface area contributed by atoms with Gasteiger partial charge in [0.1, 0.15) is 17.4 Å². The summed E-state index contributed by atoms with van der Waals surface area (Å²) in [6, 6.07) is 6.37. The van der Waals surface area contributed by atoms with Gasteiger partial charge in [0, 0.05) is 17.8 Å². The number of anilines is 2. The van der Waals surface area contributed by atoms with Crippen LogP contribution in [-0.2, 0) is 0 Å². The Hall–Kier alpha value is -2.15. The molecule has 0 aliphatic carbocycles. The molecule has 2 rings (SSSR count). The molecule has 0 heterocycles. The number of nitrogens with two attached hydrogens (primary N) is 1. The van der Waals surface area contributed by atoms with E-state index in [1.54, 1.807) is 18.2 Å². The van der Waals surface area contributed by atoms with Gasteiger partial charge < -0.3 is 15.8 Å². The minimum atomic E-state index is -0.983. The zero-order valence-corrected chi connectivity index (χ0v) is 12.5. The van der Waals surface area contributed by atoms with Crippen molar-refractivity contribution in [3.05, 3.63) is 52.0 Å². The van der Waals surface area contributed by atoms with Crippen molar-refractivity contribution >= 4 is 33.2 Å². The summed E-state index contributed by atoms with van der Waals surface area (Å²) >= 11 is 3.27. The highest BCUT2D eigenvalue weighted by Crippen LogP contribution is 2.28. The number of hydrogen-bond acceptors (Lipinski definition) is 3. The Kier molecular flexibility index (Phi) is 4.42. The number of amides is 1. The Bertz CT molecular complexity index is 708. The molecule has 0 saturated heterocycles. The lowest BCUT2D eigenvalue weighted by Crippen LogP contribution is -2.14. The highest BCUT2D eigenvalue weighted by molar-refractivity contribution is 9.10. The first-order valence-electron chi connectivity index (χ1n) is 5.81. The second-order valence-electron chi connectivity index (χ2n) is 4.16. The lowest BCUT2D eigenvalue weighted by molar-refractivity contribution is 0.102. The minimum Gasteiger partial charge on any atom is -0.495 e. The molecule has 110 valence electrons. The van der Waals surface area contributed by atoms with Crippen molar-refractivity contribution in [3.8, 4) is 5.75 Å². The molecule has 21 heavy (non-hydrogen) atoms. The molecule has 0 aromatic heterocycles. The van der Waals surface area contributed by atoms with E-state index in [-0.39, 0.29) is 11.3 Å². The van der Waals surface area contributed by atoms with E-state index in [0.717, 1.165) is 6.07 Å². The van der Waals surface area contributed by atoms with Gasteiger partial charge in [0.05, 0.1) is 22.8 Å². The number of ether oxygens (including phenoxy) is 1. The average molecular weight is 357 g/mol. The van der Waals surface area contributed by atoms with E-state index in [0.29, 0.717) is 22.0 Å². The second-order valence-corrected chi connectivity index (χ2v) is 5.01. The molecule has 7 heteroatoms. The van der Waals surface area contributed by atoms with Gasteiger partial charge in [-0.25, -0.2) is 8.78 Å². The number of carbonyl (C=O) groups is 1. The van der Waals surface area contributed by atoms with Crippen LogP contribution in [0.4, 0.5) is 20.2 Å². The number of carbonyl (C=O) groups excluding carboxylic acids is 1. The van der Waals surface area contributed by atoms with Crippen LogP contribution in [0.15, 0.2) is 34.8 Å². The maximum absolute atomic E-state index is 13.6. The van der Waals surface area contributed by atoms with Crippen molar-refractivity contribution in [1.29, 1.82) is 0 Å². The smallest absolute Gasteiger partial charge is 0.258 e. The van der Waals surface area contributed by atoms with Crippen LogP contribution in [0, 0.1) is 11.6 Å². The van der Waals surface area contributed by atoms with E-state index in [1.165, 1.54) is 7.11 Å². The summed E-state index contributed by atoms with van der Waals surface area (Å²) in [5.41, 5.74) is 5.11. The number of methoxy groups -OCH3 is 1. The number of nitrogen functional groups attached to an aromatic ring is 1. The molecular formula is C14H11BrF2N2O2. The molecule has 0 saturated carbocycles. The zero-order chi connectivity index (χ0) is 15.6. The van der Waals surface area contributed by atoms with Gasteiger partial charge in [0.2, 0.25) is 0 Å². The number of rotatable bonds is 3. The summed E-state index contributed by atoms with van der Waals surface area (Å²) in [7, 11) is 1.48. The second kappa shape index (κ2) is 6.09. The summed E-state index contributed by atoms with van der Waals surface area (Å²) in [5.74, 6) is -2.12. The van der Waals surface area contributed by atoms with Crippen molar-refractivity contribution < 1.29 is 18.3 Å². The zero-order valence-electron chi connectivity index (χ0n) is 10.9. The average Bonchev–Trinajstić information content (AvgIpc) is 2.44. The van der Waals surface area contributed by atoms with E-state index < -0.39 is 17.5 Å². The van der Waals surface area contributed by atoms with Crippen LogP contribution in [0.1, 0.15) is 10.4 Å². The molecule has 3 N–H and O–H groups in total. The van der Waals surface area contributed by atoms with Crippen molar-refractivity contribution in [3.63, 3.8) is 0 Å². The Balaban J connectivity index is 2.28. The van der Waals surface area contributed by atoms with Crippen molar-refractivity contribution in [2.75, 3.05) is 18.2 Å². The monoisotopic (exact) mass is 356 g/mol. The lowest BCUT2D eigenvalue weighted by atomic mass is 10.1. The van der Waals surface area contributed by atoms with Crippen LogP contribution in [-0.4, -0.2) is 13.0 Å². The van der Waals surface area contributed by atoms with Gasteiger partial charge in [-0.3, -0.25) is 4.79 Å². The fourth-order valence-electron chi connectivity index (χ4n) is 1.68. The summed E-state index contributed by atoms with van der Waals surface area (Å²) in [5, 5.41) is 2.49. The Morgan fingerprint density at radius 1 is 1.24 bits per heavy atom. The summed E-state index contributed by atoms with van der Waals surface area (Å²) < 4.78 is 32.5. The number of halogens is 3. The molecule has 1 amide bonds. The molecular weight excluding hydrogens is 346 g/mol. The van der Waals surface area contributed by atoms with Crippen LogP contribution in [0.3, 0.4) is 0 Å². The van der Waals surface area contributed by atoms with E-state index in [1.807, 2.05) is 0 Å². The standard InChI is InChI=1S/C14H11BrF2N2O2/c1-21-13-4-7(2-3-9(13)15)19-14(20)8-5-12(18)11(17)6-10(8)16/h2-6H,18H2,1H3,(H,19,20). The normalized spacial score (nSPS) is 10.3. The molecule has 0 aliphatic rings. The van der Waals surface area contributed by atoms with Gasteiger partial charge in [-0.15, -0.1) is 0 Å². The fourth-order valence-corrected chi connectivity index (χ4v) is 2.08. The van der Waals surface area contributed by atoms with Crippen LogP contribution >= 0.6 is 15.9 Å². The number of benzene rings is 2. The third-order valence-corrected chi connectivity index (χ3v) is 3.40. The first-order valence-corrected chi connectivity index (χ1v) is 6.61. The molecule has 0 atom stereocenters. The largest absolute Gasteiger partial charge is 0.495 e. The molecule has 2 aromatic carbocycles. The number of hydrogen-bond donors (Lipinski definition) is 2.